The topological polar surface area (TPSA) is 12.0 Å². The van der Waals surface area contributed by atoms with Crippen molar-refractivity contribution in [2.45, 2.75) is 57.4 Å². The summed E-state index contributed by atoms with van der Waals surface area (Å²) in [5.74, 6) is 0.948. The largest absolute Gasteiger partial charge is 0.317 e. The fourth-order valence-corrected chi connectivity index (χ4v) is 4.60. The Morgan fingerprint density at radius 2 is 2.06 bits per heavy atom. The minimum atomic E-state index is 0.642. The summed E-state index contributed by atoms with van der Waals surface area (Å²) in [5.41, 5.74) is 0. The molecule has 0 bridgehead atoms. The highest BCUT2D eigenvalue weighted by Gasteiger charge is 2.18. The van der Waals surface area contributed by atoms with Crippen LogP contribution in [0.3, 0.4) is 0 Å². The second kappa shape index (κ2) is 7.66. The van der Waals surface area contributed by atoms with Gasteiger partial charge in [0, 0.05) is 15.4 Å². The molecule has 0 amide bonds. The summed E-state index contributed by atoms with van der Waals surface area (Å²) < 4.78 is 1.29. The van der Waals surface area contributed by atoms with Gasteiger partial charge in [-0.25, -0.2) is 0 Å². The van der Waals surface area contributed by atoms with Crippen molar-refractivity contribution in [3.63, 3.8) is 0 Å². The van der Waals surface area contributed by atoms with Gasteiger partial charge in [0.15, 0.2) is 0 Å². The van der Waals surface area contributed by atoms with E-state index in [0.29, 0.717) is 6.04 Å². The predicted octanol–water partition coefficient (Wildman–Crippen LogP) is 5.00. The molecule has 1 saturated carbocycles. The maximum absolute atomic E-state index is 3.64. The van der Waals surface area contributed by atoms with Gasteiger partial charge < -0.3 is 5.32 Å². The Balaban J connectivity index is 1.86. The third-order valence-electron chi connectivity index (χ3n) is 4.12. The van der Waals surface area contributed by atoms with E-state index in [2.05, 4.69) is 39.7 Å². The number of thiophene rings is 1. The van der Waals surface area contributed by atoms with E-state index in [0.717, 1.165) is 5.92 Å². The number of likely N-dealkylation sites (N-methyl/N-ethyl adjacent to an activating group) is 1. The molecule has 0 saturated heterocycles. The van der Waals surface area contributed by atoms with Crippen LogP contribution in [0.5, 0.6) is 0 Å². The Bertz CT molecular complexity index is 342. The molecule has 1 unspecified atom stereocenters. The highest BCUT2D eigenvalue weighted by molar-refractivity contribution is 9.10. The van der Waals surface area contributed by atoms with Crippen molar-refractivity contribution in [1.82, 2.24) is 5.32 Å². The van der Waals surface area contributed by atoms with Crippen molar-refractivity contribution >= 4 is 27.3 Å². The fraction of sp³-hybridized carbons (Fsp3) is 0.733. The molecule has 0 spiro atoms. The fourth-order valence-electron chi connectivity index (χ4n) is 3.00. The van der Waals surface area contributed by atoms with Crippen molar-refractivity contribution < 1.29 is 0 Å². The third-order valence-corrected chi connectivity index (χ3v) is 6.07. The first-order chi connectivity index (χ1) is 8.79. The van der Waals surface area contributed by atoms with E-state index in [1.807, 2.05) is 11.3 Å². The Morgan fingerprint density at radius 3 is 2.61 bits per heavy atom. The van der Waals surface area contributed by atoms with Crippen LogP contribution in [0.1, 0.15) is 49.8 Å². The molecule has 18 heavy (non-hydrogen) atoms. The number of hydrogen-bond donors (Lipinski definition) is 1. The molecule has 1 aromatic heterocycles. The third kappa shape index (κ3) is 4.36. The molecule has 1 N–H and O–H groups in total. The Kier molecular flexibility index (Phi) is 6.19. The average molecular weight is 330 g/mol. The number of hydrogen-bond acceptors (Lipinski definition) is 2. The zero-order valence-electron chi connectivity index (χ0n) is 11.3. The van der Waals surface area contributed by atoms with E-state index >= 15 is 0 Å². The van der Waals surface area contributed by atoms with Gasteiger partial charge in [0.1, 0.15) is 0 Å². The first-order valence-electron chi connectivity index (χ1n) is 7.18. The van der Waals surface area contributed by atoms with E-state index in [9.17, 15) is 0 Å². The standard InChI is InChI=1S/C15H24BrNS/c1-17-13(11-15-14(16)8-9-18-15)10-12-6-4-2-3-5-7-12/h8-9,12-13,17H,2-7,10-11H2,1H3. The summed E-state index contributed by atoms with van der Waals surface area (Å²) in [7, 11) is 2.11. The number of halogens is 1. The highest BCUT2D eigenvalue weighted by atomic mass is 79.9. The van der Waals surface area contributed by atoms with Gasteiger partial charge in [-0.3, -0.25) is 0 Å². The molecular weight excluding hydrogens is 306 g/mol. The van der Waals surface area contributed by atoms with Gasteiger partial charge >= 0.3 is 0 Å². The minimum Gasteiger partial charge on any atom is -0.317 e. The molecule has 1 aromatic rings. The maximum Gasteiger partial charge on any atom is 0.0314 e. The summed E-state index contributed by atoms with van der Waals surface area (Å²) in [5, 5.41) is 5.70. The number of rotatable bonds is 5. The maximum atomic E-state index is 3.64. The van der Waals surface area contributed by atoms with Crippen molar-refractivity contribution in [2.24, 2.45) is 5.92 Å². The molecule has 1 fully saturated rings. The van der Waals surface area contributed by atoms with E-state index < -0.39 is 0 Å². The SMILES string of the molecule is CNC(Cc1sccc1Br)CC1CCCCCC1. The minimum absolute atomic E-state index is 0.642. The predicted molar refractivity (Wildman–Crippen MR) is 84.4 cm³/mol. The van der Waals surface area contributed by atoms with E-state index in [4.69, 9.17) is 0 Å². The zero-order valence-corrected chi connectivity index (χ0v) is 13.7. The van der Waals surface area contributed by atoms with Gasteiger partial charge in [0.05, 0.1) is 0 Å². The van der Waals surface area contributed by atoms with Crippen LogP contribution in [-0.4, -0.2) is 13.1 Å². The zero-order chi connectivity index (χ0) is 12.8. The summed E-state index contributed by atoms with van der Waals surface area (Å²) in [6, 6.07) is 2.81. The summed E-state index contributed by atoms with van der Waals surface area (Å²) in [6.07, 6.45) is 11.2. The van der Waals surface area contributed by atoms with Crippen molar-refractivity contribution in [3.8, 4) is 0 Å². The smallest absolute Gasteiger partial charge is 0.0314 e. The quantitative estimate of drug-likeness (QED) is 0.749. The Labute approximate surface area is 123 Å². The summed E-state index contributed by atoms with van der Waals surface area (Å²) >= 11 is 5.52. The van der Waals surface area contributed by atoms with E-state index in [1.165, 1.54) is 60.7 Å². The molecule has 3 heteroatoms. The van der Waals surface area contributed by atoms with Crippen molar-refractivity contribution in [1.29, 1.82) is 0 Å². The van der Waals surface area contributed by atoms with Crippen LogP contribution in [0.2, 0.25) is 0 Å². The highest BCUT2D eigenvalue weighted by Crippen LogP contribution is 2.29. The normalized spacial score (nSPS) is 19.7. The van der Waals surface area contributed by atoms with Crippen LogP contribution in [-0.2, 0) is 6.42 Å². The van der Waals surface area contributed by atoms with Gasteiger partial charge in [0.25, 0.3) is 0 Å². The molecule has 0 radical (unpaired) electrons. The molecule has 1 aliphatic carbocycles. The van der Waals surface area contributed by atoms with E-state index in [1.54, 1.807) is 0 Å². The average Bonchev–Trinajstić information content (AvgIpc) is 2.64. The number of nitrogens with one attached hydrogen (secondary N) is 1. The molecule has 0 aromatic carbocycles. The molecule has 1 heterocycles. The van der Waals surface area contributed by atoms with Crippen LogP contribution in [0.15, 0.2) is 15.9 Å². The molecule has 1 aliphatic rings. The van der Waals surface area contributed by atoms with Crippen molar-refractivity contribution in [3.05, 3.63) is 20.8 Å². The molecule has 1 nitrogen and oxygen atoms in total. The Hall–Kier alpha value is 0.140. The molecule has 0 aliphatic heterocycles. The molecule has 1 atom stereocenters. The van der Waals surface area contributed by atoms with Gasteiger partial charge in [-0.05, 0) is 53.2 Å². The molecule has 102 valence electrons. The van der Waals surface area contributed by atoms with Crippen LogP contribution in [0.4, 0.5) is 0 Å². The molecule has 2 rings (SSSR count). The lowest BCUT2D eigenvalue weighted by atomic mass is 9.91. The lowest BCUT2D eigenvalue weighted by Crippen LogP contribution is -2.30. The van der Waals surface area contributed by atoms with Crippen LogP contribution < -0.4 is 5.32 Å². The molecular formula is C15H24BrNS. The summed E-state index contributed by atoms with van der Waals surface area (Å²) in [4.78, 5) is 1.49. The lowest BCUT2D eigenvalue weighted by Gasteiger charge is -2.22. The van der Waals surface area contributed by atoms with Gasteiger partial charge in [-0.2, -0.15) is 0 Å². The summed E-state index contributed by atoms with van der Waals surface area (Å²) in [6.45, 7) is 0. The van der Waals surface area contributed by atoms with Gasteiger partial charge in [-0.15, -0.1) is 11.3 Å². The van der Waals surface area contributed by atoms with Gasteiger partial charge in [-0.1, -0.05) is 38.5 Å². The van der Waals surface area contributed by atoms with Crippen LogP contribution >= 0.6 is 27.3 Å². The first-order valence-corrected chi connectivity index (χ1v) is 8.86. The van der Waals surface area contributed by atoms with Crippen LogP contribution in [0, 0.1) is 5.92 Å². The first kappa shape index (κ1) is 14.5. The Morgan fingerprint density at radius 1 is 1.33 bits per heavy atom. The van der Waals surface area contributed by atoms with Gasteiger partial charge in [0.2, 0.25) is 0 Å². The van der Waals surface area contributed by atoms with E-state index in [-0.39, 0.29) is 0 Å². The monoisotopic (exact) mass is 329 g/mol. The second-order valence-corrected chi connectivity index (χ2v) is 7.33. The van der Waals surface area contributed by atoms with Crippen molar-refractivity contribution in [2.75, 3.05) is 7.05 Å². The lowest BCUT2D eigenvalue weighted by molar-refractivity contribution is 0.362. The second-order valence-electron chi connectivity index (χ2n) is 5.47. The van der Waals surface area contributed by atoms with Crippen LogP contribution in [0.25, 0.3) is 0 Å².